The van der Waals surface area contributed by atoms with Crippen molar-refractivity contribution < 1.29 is 8.42 Å². The summed E-state index contributed by atoms with van der Waals surface area (Å²) in [5, 5.41) is 0.531. The summed E-state index contributed by atoms with van der Waals surface area (Å²) in [5.41, 5.74) is 4.98. The van der Waals surface area contributed by atoms with Gasteiger partial charge in [-0.2, -0.15) is 4.31 Å². The van der Waals surface area contributed by atoms with Gasteiger partial charge in [-0.15, -0.1) is 0 Å². The molecular weight excluding hydrogens is 428 g/mol. The number of halogens is 1. The van der Waals surface area contributed by atoms with Crippen LogP contribution in [0, 0.1) is 13.8 Å². The molecule has 0 N–H and O–H groups in total. The van der Waals surface area contributed by atoms with Gasteiger partial charge in [0.15, 0.2) is 0 Å². The van der Waals surface area contributed by atoms with Crippen LogP contribution in [0.3, 0.4) is 0 Å². The Morgan fingerprint density at radius 3 is 2.13 bits per heavy atom. The maximum Gasteiger partial charge on any atom is 0.243 e. The number of aryl methyl sites for hydroxylation is 2. The van der Waals surface area contributed by atoms with Crippen LogP contribution in [-0.4, -0.2) is 43.8 Å². The van der Waals surface area contributed by atoms with Gasteiger partial charge < -0.3 is 0 Å². The minimum absolute atomic E-state index is 0.0986. The Kier molecular flexibility index (Phi) is 6.49. The van der Waals surface area contributed by atoms with Crippen molar-refractivity contribution in [3.63, 3.8) is 0 Å². The van der Waals surface area contributed by atoms with Gasteiger partial charge in [-0.05, 0) is 54.8 Å². The molecule has 3 aromatic rings. The Morgan fingerprint density at radius 1 is 0.839 bits per heavy atom. The van der Waals surface area contributed by atoms with Crippen molar-refractivity contribution in [2.24, 2.45) is 0 Å². The number of benzene rings is 3. The molecule has 4 nitrogen and oxygen atoms in total. The fourth-order valence-corrected chi connectivity index (χ4v) is 5.78. The normalized spacial score (nSPS) is 16.9. The van der Waals surface area contributed by atoms with Crippen LogP contribution in [-0.2, 0) is 10.0 Å². The van der Waals surface area contributed by atoms with Crippen LogP contribution in [0.25, 0.3) is 0 Å². The van der Waals surface area contributed by atoms with E-state index in [1.54, 1.807) is 28.6 Å². The van der Waals surface area contributed by atoms with E-state index in [1.165, 1.54) is 22.3 Å². The van der Waals surface area contributed by atoms with E-state index in [0.29, 0.717) is 36.1 Å². The Labute approximate surface area is 190 Å². The maximum atomic E-state index is 13.1. The van der Waals surface area contributed by atoms with Gasteiger partial charge in [0, 0.05) is 31.2 Å². The highest BCUT2D eigenvalue weighted by Crippen LogP contribution is 2.33. The standard InChI is InChI=1S/C25H27ClN2O2S/c1-19-8-9-20(2)24(18-19)25(21-6-4-3-5-7-21)27-14-16-28(17-15-27)31(29,30)23-12-10-22(26)11-13-23/h3-13,18,25H,14-17H2,1-2H3/t25-/m1/s1. The molecule has 31 heavy (non-hydrogen) atoms. The van der Waals surface area contributed by atoms with E-state index in [-0.39, 0.29) is 6.04 Å². The highest BCUT2D eigenvalue weighted by molar-refractivity contribution is 7.89. The lowest BCUT2D eigenvalue weighted by atomic mass is 9.92. The molecule has 0 amide bonds. The number of nitrogens with zero attached hydrogens (tertiary/aromatic N) is 2. The summed E-state index contributed by atoms with van der Waals surface area (Å²) in [5.74, 6) is 0. The van der Waals surface area contributed by atoms with Crippen LogP contribution in [0.1, 0.15) is 28.3 Å². The minimum atomic E-state index is -3.52. The van der Waals surface area contributed by atoms with E-state index >= 15 is 0 Å². The van der Waals surface area contributed by atoms with Crippen molar-refractivity contribution >= 4 is 21.6 Å². The Hall–Kier alpha value is -2.18. The third kappa shape index (κ3) is 4.70. The summed E-state index contributed by atoms with van der Waals surface area (Å²) in [7, 11) is -3.52. The highest BCUT2D eigenvalue weighted by atomic mass is 35.5. The lowest BCUT2D eigenvalue weighted by Crippen LogP contribution is -2.49. The van der Waals surface area contributed by atoms with Gasteiger partial charge >= 0.3 is 0 Å². The number of rotatable bonds is 5. The third-order valence-electron chi connectivity index (χ3n) is 5.93. The van der Waals surface area contributed by atoms with Crippen LogP contribution in [0.2, 0.25) is 5.02 Å². The van der Waals surface area contributed by atoms with Gasteiger partial charge in [0.25, 0.3) is 0 Å². The second-order valence-corrected chi connectivity index (χ2v) is 10.4. The van der Waals surface area contributed by atoms with E-state index in [9.17, 15) is 8.42 Å². The van der Waals surface area contributed by atoms with Gasteiger partial charge in [0.1, 0.15) is 0 Å². The summed E-state index contributed by atoms with van der Waals surface area (Å²) < 4.78 is 27.7. The summed E-state index contributed by atoms with van der Waals surface area (Å²) >= 11 is 5.93. The molecule has 0 spiro atoms. The molecule has 1 heterocycles. The fourth-order valence-electron chi connectivity index (χ4n) is 4.23. The lowest BCUT2D eigenvalue weighted by Gasteiger charge is -2.39. The van der Waals surface area contributed by atoms with Crippen molar-refractivity contribution in [3.8, 4) is 0 Å². The molecule has 0 saturated carbocycles. The van der Waals surface area contributed by atoms with E-state index < -0.39 is 10.0 Å². The quantitative estimate of drug-likeness (QED) is 0.541. The monoisotopic (exact) mass is 454 g/mol. The summed E-state index contributed by atoms with van der Waals surface area (Å²) in [6.07, 6.45) is 0. The Balaban J connectivity index is 1.60. The van der Waals surface area contributed by atoms with Crippen molar-refractivity contribution in [1.82, 2.24) is 9.21 Å². The van der Waals surface area contributed by atoms with Gasteiger partial charge in [-0.25, -0.2) is 8.42 Å². The predicted octanol–water partition coefficient (Wildman–Crippen LogP) is 5.05. The van der Waals surface area contributed by atoms with Gasteiger partial charge in [0.2, 0.25) is 10.0 Å². The zero-order chi connectivity index (χ0) is 22.0. The smallest absolute Gasteiger partial charge is 0.243 e. The van der Waals surface area contributed by atoms with Crippen LogP contribution in [0.5, 0.6) is 0 Å². The van der Waals surface area contributed by atoms with E-state index in [2.05, 4.69) is 61.2 Å². The Bertz CT molecular complexity index is 1140. The maximum absolute atomic E-state index is 13.1. The van der Waals surface area contributed by atoms with E-state index in [0.717, 1.165) is 0 Å². The van der Waals surface area contributed by atoms with E-state index in [4.69, 9.17) is 11.6 Å². The minimum Gasteiger partial charge on any atom is -0.290 e. The molecule has 0 bridgehead atoms. The second kappa shape index (κ2) is 9.13. The molecular formula is C25H27ClN2O2S. The molecule has 0 aliphatic carbocycles. The molecule has 4 rings (SSSR count). The first-order valence-electron chi connectivity index (χ1n) is 10.5. The molecule has 3 aromatic carbocycles. The molecule has 162 valence electrons. The van der Waals surface area contributed by atoms with Crippen LogP contribution < -0.4 is 0 Å². The van der Waals surface area contributed by atoms with Crippen molar-refractivity contribution in [2.45, 2.75) is 24.8 Å². The first-order chi connectivity index (χ1) is 14.9. The average molecular weight is 455 g/mol. The van der Waals surface area contributed by atoms with Gasteiger partial charge in [-0.3, -0.25) is 4.90 Å². The molecule has 6 heteroatoms. The molecule has 1 fully saturated rings. The van der Waals surface area contributed by atoms with Crippen LogP contribution >= 0.6 is 11.6 Å². The highest BCUT2D eigenvalue weighted by Gasteiger charge is 2.32. The first-order valence-corrected chi connectivity index (χ1v) is 12.3. The van der Waals surface area contributed by atoms with Gasteiger partial charge in [-0.1, -0.05) is 65.7 Å². The van der Waals surface area contributed by atoms with Gasteiger partial charge in [0.05, 0.1) is 10.9 Å². The second-order valence-electron chi connectivity index (χ2n) is 8.07. The molecule has 0 unspecified atom stereocenters. The van der Waals surface area contributed by atoms with Crippen LogP contribution in [0.15, 0.2) is 77.7 Å². The largest absolute Gasteiger partial charge is 0.290 e. The van der Waals surface area contributed by atoms with Crippen molar-refractivity contribution in [2.75, 3.05) is 26.2 Å². The fraction of sp³-hybridized carbons (Fsp3) is 0.280. The lowest BCUT2D eigenvalue weighted by molar-refractivity contribution is 0.155. The first kappa shape index (κ1) is 22.0. The molecule has 1 saturated heterocycles. The molecule has 0 aromatic heterocycles. The molecule has 1 aliphatic rings. The number of hydrogen-bond donors (Lipinski definition) is 0. The molecule has 0 radical (unpaired) electrons. The van der Waals surface area contributed by atoms with Crippen molar-refractivity contribution in [1.29, 1.82) is 0 Å². The third-order valence-corrected chi connectivity index (χ3v) is 8.10. The SMILES string of the molecule is Cc1ccc(C)c([C@@H](c2ccccc2)N2CCN(S(=O)(=O)c3ccc(Cl)cc3)CC2)c1. The number of sulfonamides is 1. The molecule has 1 atom stereocenters. The average Bonchev–Trinajstić information content (AvgIpc) is 2.78. The van der Waals surface area contributed by atoms with E-state index in [1.807, 2.05) is 6.07 Å². The Morgan fingerprint density at radius 2 is 1.48 bits per heavy atom. The molecule has 1 aliphatic heterocycles. The van der Waals surface area contributed by atoms with Crippen molar-refractivity contribution in [3.05, 3.63) is 100 Å². The zero-order valence-corrected chi connectivity index (χ0v) is 19.4. The van der Waals surface area contributed by atoms with Crippen LogP contribution in [0.4, 0.5) is 0 Å². The number of hydrogen-bond acceptors (Lipinski definition) is 3. The summed E-state index contributed by atoms with van der Waals surface area (Å²) in [6, 6.07) is 23.5. The predicted molar refractivity (Wildman–Crippen MR) is 126 cm³/mol. The number of piperazine rings is 1. The summed E-state index contributed by atoms with van der Waals surface area (Å²) in [4.78, 5) is 2.69. The topological polar surface area (TPSA) is 40.6 Å². The zero-order valence-electron chi connectivity index (χ0n) is 17.8. The summed E-state index contributed by atoms with van der Waals surface area (Å²) in [6.45, 7) is 6.51.